The van der Waals surface area contributed by atoms with Crippen molar-refractivity contribution in [3.05, 3.63) is 54.4 Å². The Bertz CT molecular complexity index is 930. The molecule has 4 N–H and O–H groups in total. The zero-order chi connectivity index (χ0) is 19.2. The molecule has 0 radical (unpaired) electrons. The maximum Gasteiger partial charge on any atom is 0.159 e. The lowest BCUT2D eigenvalue weighted by Crippen LogP contribution is -2.06. The van der Waals surface area contributed by atoms with E-state index in [1.807, 2.05) is 30.3 Å². The molecule has 1 heterocycles. The fourth-order valence-electron chi connectivity index (χ4n) is 2.70. The standard InChI is InChI=1S/C20H23N5O2/c1-4-13-7-5-6-8-15(13)24-19-18(21)20(23-12-22-19)25-16-10-9-14(26-2)11-17(16)27-3/h5-12H,4,21H2,1-3H3,(H2,22,23,24,25). The van der Waals surface area contributed by atoms with Crippen molar-refractivity contribution >= 4 is 28.7 Å². The summed E-state index contributed by atoms with van der Waals surface area (Å²) in [6.07, 6.45) is 2.37. The van der Waals surface area contributed by atoms with Gasteiger partial charge in [-0.15, -0.1) is 0 Å². The SMILES string of the molecule is CCc1ccccc1Nc1ncnc(Nc2ccc(OC)cc2OC)c1N. The molecular weight excluding hydrogens is 342 g/mol. The van der Waals surface area contributed by atoms with Crippen LogP contribution in [0, 0.1) is 0 Å². The molecule has 27 heavy (non-hydrogen) atoms. The van der Waals surface area contributed by atoms with Crippen LogP contribution in [0.25, 0.3) is 0 Å². The van der Waals surface area contributed by atoms with Gasteiger partial charge in [-0.2, -0.15) is 0 Å². The van der Waals surface area contributed by atoms with Gasteiger partial charge in [-0.1, -0.05) is 25.1 Å². The minimum atomic E-state index is 0.418. The molecular formula is C20H23N5O2. The molecule has 0 atom stereocenters. The van der Waals surface area contributed by atoms with Crippen LogP contribution in [0.15, 0.2) is 48.8 Å². The van der Waals surface area contributed by atoms with Crippen LogP contribution in [0.4, 0.5) is 28.7 Å². The van der Waals surface area contributed by atoms with Gasteiger partial charge in [0.15, 0.2) is 11.6 Å². The fourth-order valence-corrected chi connectivity index (χ4v) is 2.70. The average Bonchev–Trinajstić information content (AvgIpc) is 2.71. The molecule has 140 valence electrons. The van der Waals surface area contributed by atoms with Crippen molar-refractivity contribution in [2.24, 2.45) is 0 Å². The third kappa shape index (κ3) is 4.03. The second-order valence-electron chi connectivity index (χ2n) is 5.81. The quantitative estimate of drug-likeness (QED) is 0.579. The van der Waals surface area contributed by atoms with Gasteiger partial charge in [0.1, 0.15) is 23.5 Å². The number of aryl methyl sites for hydroxylation is 1. The maximum absolute atomic E-state index is 6.30. The van der Waals surface area contributed by atoms with Crippen LogP contribution < -0.4 is 25.8 Å². The minimum Gasteiger partial charge on any atom is -0.497 e. The summed E-state index contributed by atoms with van der Waals surface area (Å²) >= 11 is 0. The van der Waals surface area contributed by atoms with Crippen LogP contribution in [-0.4, -0.2) is 24.2 Å². The molecule has 0 aliphatic carbocycles. The average molecular weight is 365 g/mol. The van der Waals surface area contributed by atoms with E-state index in [4.69, 9.17) is 15.2 Å². The highest BCUT2D eigenvalue weighted by Gasteiger charge is 2.12. The number of aromatic nitrogens is 2. The number of anilines is 5. The molecule has 7 heteroatoms. The van der Waals surface area contributed by atoms with Crippen LogP contribution in [0.5, 0.6) is 11.5 Å². The number of nitrogen functional groups attached to an aromatic ring is 1. The van der Waals surface area contributed by atoms with Crippen molar-refractivity contribution in [3.8, 4) is 11.5 Å². The first kappa shape index (κ1) is 18.3. The van der Waals surface area contributed by atoms with E-state index in [2.05, 4.69) is 33.6 Å². The van der Waals surface area contributed by atoms with Gasteiger partial charge in [0.25, 0.3) is 0 Å². The Morgan fingerprint density at radius 3 is 2.30 bits per heavy atom. The smallest absolute Gasteiger partial charge is 0.159 e. The molecule has 0 fully saturated rings. The third-order valence-corrected chi connectivity index (χ3v) is 4.20. The number of ether oxygens (including phenoxy) is 2. The molecule has 2 aromatic carbocycles. The lowest BCUT2D eigenvalue weighted by Gasteiger charge is -2.16. The van der Waals surface area contributed by atoms with Crippen LogP contribution in [-0.2, 0) is 6.42 Å². The zero-order valence-corrected chi connectivity index (χ0v) is 15.6. The van der Waals surface area contributed by atoms with E-state index in [9.17, 15) is 0 Å². The van der Waals surface area contributed by atoms with E-state index in [-0.39, 0.29) is 0 Å². The molecule has 1 aromatic heterocycles. The van der Waals surface area contributed by atoms with Crippen LogP contribution >= 0.6 is 0 Å². The van der Waals surface area contributed by atoms with E-state index in [1.165, 1.54) is 11.9 Å². The van der Waals surface area contributed by atoms with Gasteiger partial charge in [0.2, 0.25) is 0 Å². The molecule has 3 aromatic rings. The number of para-hydroxylation sites is 1. The highest BCUT2D eigenvalue weighted by molar-refractivity contribution is 5.82. The molecule has 0 bridgehead atoms. The molecule has 0 amide bonds. The molecule has 0 aliphatic heterocycles. The maximum atomic E-state index is 6.30. The van der Waals surface area contributed by atoms with E-state index in [1.54, 1.807) is 20.3 Å². The predicted molar refractivity (Wildman–Crippen MR) is 108 cm³/mol. The van der Waals surface area contributed by atoms with Gasteiger partial charge in [-0.3, -0.25) is 0 Å². The number of rotatable bonds is 7. The monoisotopic (exact) mass is 365 g/mol. The summed E-state index contributed by atoms with van der Waals surface area (Å²) < 4.78 is 10.6. The number of nitrogens with two attached hydrogens (primary N) is 1. The molecule has 0 saturated carbocycles. The lowest BCUT2D eigenvalue weighted by molar-refractivity contribution is 0.395. The summed E-state index contributed by atoms with van der Waals surface area (Å²) in [5, 5.41) is 6.50. The Kier molecular flexibility index (Phi) is 5.61. The van der Waals surface area contributed by atoms with Crippen LogP contribution in [0.2, 0.25) is 0 Å². The van der Waals surface area contributed by atoms with E-state index >= 15 is 0 Å². The fraction of sp³-hybridized carbons (Fsp3) is 0.200. The van der Waals surface area contributed by atoms with Crippen LogP contribution in [0.3, 0.4) is 0 Å². The molecule has 0 aliphatic rings. The first-order valence-electron chi connectivity index (χ1n) is 8.60. The Balaban J connectivity index is 1.89. The topological polar surface area (TPSA) is 94.3 Å². The second-order valence-corrected chi connectivity index (χ2v) is 5.81. The lowest BCUT2D eigenvalue weighted by atomic mass is 10.1. The Morgan fingerprint density at radius 2 is 1.63 bits per heavy atom. The van der Waals surface area contributed by atoms with Gasteiger partial charge in [-0.25, -0.2) is 9.97 Å². The normalized spacial score (nSPS) is 10.3. The van der Waals surface area contributed by atoms with E-state index < -0.39 is 0 Å². The summed E-state index contributed by atoms with van der Waals surface area (Å²) in [5.74, 6) is 2.36. The van der Waals surface area contributed by atoms with Crippen LogP contribution in [0.1, 0.15) is 12.5 Å². The third-order valence-electron chi connectivity index (χ3n) is 4.20. The Morgan fingerprint density at radius 1 is 0.926 bits per heavy atom. The number of methoxy groups -OCH3 is 2. The van der Waals surface area contributed by atoms with Gasteiger partial charge in [0.05, 0.1) is 19.9 Å². The highest BCUT2D eigenvalue weighted by atomic mass is 16.5. The number of nitrogens with one attached hydrogen (secondary N) is 2. The highest BCUT2D eigenvalue weighted by Crippen LogP contribution is 2.34. The van der Waals surface area contributed by atoms with Crippen molar-refractivity contribution < 1.29 is 9.47 Å². The van der Waals surface area contributed by atoms with Crippen molar-refractivity contribution in [1.82, 2.24) is 9.97 Å². The summed E-state index contributed by atoms with van der Waals surface area (Å²) in [7, 11) is 3.20. The first-order valence-corrected chi connectivity index (χ1v) is 8.60. The molecule has 0 spiro atoms. The number of benzene rings is 2. The van der Waals surface area contributed by atoms with Gasteiger partial charge in [-0.05, 0) is 30.2 Å². The summed E-state index contributed by atoms with van der Waals surface area (Å²) in [4.78, 5) is 8.55. The largest absolute Gasteiger partial charge is 0.497 e. The minimum absolute atomic E-state index is 0.418. The van der Waals surface area contributed by atoms with Crippen molar-refractivity contribution in [2.75, 3.05) is 30.6 Å². The Labute approximate surface area is 158 Å². The Hall–Kier alpha value is -3.48. The van der Waals surface area contributed by atoms with Gasteiger partial charge in [0, 0.05) is 11.8 Å². The molecule has 7 nitrogen and oxygen atoms in total. The van der Waals surface area contributed by atoms with Crippen molar-refractivity contribution in [1.29, 1.82) is 0 Å². The summed E-state index contributed by atoms with van der Waals surface area (Å²) in [6.45, 7) is 2.10. The zero-order valence-electron chi connectivity index (χ0n) is 15.6. The molecule has 3 rings (SSSR count). The number of hydrogen-bond donors (Lipinski definition) is 3. The van der Waals surface area contributed by atoms with Crippen molar-refractivity contribution in [3.63, 3.8) is 0 Å². The van der Waals surface area contributed by atoms with E-state index in [0.717, 1.165) is 17.8 Å². The first-order chi connectivity index (χ1) is 13.2. The second kappa shape index (κ2) is 8.27. The number of hydrogen-bond acceptors (Lipinski definition) is 7. The summed E-state index contributed by atoms with van der Waals surface area (Å²) in [6, 6.07) is 13.5. The summed E-state index contributed by atoms with van der Waals surface area (Å²) in [5.41, 5.74) is 9.60. The van der Waals surface area contributed by atoms with E-state index in [0.29, 0.717) is 28.8 Å². The van der Waals surface area contributed by atoms with Gasteiger partial charge < -0.3 is 25.8 Å². The molecule has 0 unspecified atom stereocenters. The van der Waals surface area contributed by atoms with Crippen molar-refractivity contribution in [2.45, 2.75) is 13.3 Å². The molecule has 0 saturated heterocycles. The number of nitrogens with zero attached hydrogens (tertiary/aromatic N) is 2. The van der Waals surface area contributed by atoms with Gasteiger partial charge >= 0.3 is 0 Å². The predicted octanol–water partition coefficient (Wildman–Crippen LogP) is 4.13.